The summed E-state index contributed by atoms with van der Waals surface area (Å²) in [6, 6.07) is 3.24. The largest absolute Gasteiger partial charge is 0.309 e. The molecule has 2 aromatic rings. The molecule has 0 aliphatic heterocycles. The van der Waals surface area contributed by atoms with Gasteiger partial charge in [-0.1, -0.05) is 13.8 Å². The average molecular weight is 296 g/mol. The molecule has 0 aliphatic rings. The second-order valence-electron chi connectivity index (χ2n) is 4.80. The molecule has 2 rings (SSSR count). The number of nitro groups is 1. The Balaban J connectivity index is 2.33. The number of halogens is 2. The van der Waals surface area contributed by atoms with Crippen molar-refractivity contribution in [2.75, 3.05) is 0 Å². The maximum atomic E-state index is 13.8. The molecule has 0 amide bonds. The lowest BCUT2D eigenvalue weighted by Gasteiger charge is -2.06. The zero-order valence-electron chi connectivity index (χ0n) is 11.5. The molecular formula is C13H14F2N4O2. The summed E-state index contributed by atoms with van der Waals surface area (Å²) in [7, 11) is 0. The van der Waals surface area contributed by atoms with Crippen LogP contribution in [0.25, 0.3) is 5.69 Å². The number of nitrogens with zero attached hydrogens (tertiary/aromatic N) is 3. The quantitative estimate of drug-likeness (QED) is 0.680. The van der Waals surface area contributed by atoms with E-state index in [1.165, 1.54) is 6.20 Å². The van der Waals surface area contributed by atoms with Gasteiger partial charge in [0, 0.05) is 30.9 Å². The molecule has 0 radical (unpaired) electrons. The van der Waals surface area contributed by atoms with Crippen molar-refractivity contribution in [2.24, 2.45) is 0 Å². The first kappa shape index (κ1) is 15.0. The Kier molecular flexibility index (Phi) is 4.27. The first-order valence-electron chi connectivity index (χ1n) is 6.30. The normalized spacial score (nSPS) is 11.1. The van der Waals surface area contributed by atoms with Gasteiger partial charge in [-0.25, -0.2) is 9.07 Å². The van der Waals surface area contributed by atoms with E-state index < -0.39 is 22.2 Å². The third kappa shape index (κ3) is 3.40. The highest BCUT2D eigenvalue weighted by atomic mass is 19.1. The Hall–Kier alpha value is -2.35. The molecule has 1 N–H and O–H groups in total. The van der Waals surface area contributed by atoms with Crippen LogP contribution in [0.4, 0.5) is 14.5 Å². The van der Waals surface area contributed by atoms with Gasteiger partial charge in [-0.15, -0.1) is 0 Å². The Bertz CT molecular complexity index is 670. The second kappa shape index (κ2) is 5.96. The molecule has 1 aromatic heterocycles. The van der Waals surface area contributed by atoms with Gasteiger partial charge in [-0.3, -0.25) is 10.1 Å². The lowest BCUT2D eigenvalue weighted by Crippen LogP contribution is -2.22. The molecule has 0 saturated carbocycles. The van der Waals surface area contributed by atoms with Crippen LogP contribution in [0, 0.1) is 21.7 Å². The number of hydrogen-bond acceptors (Lipinski definition) is 4. The minimum Gasteiger partial charge on any atom is -0.309 e. The molecular weight excluding hydrogens is 282 g/mol. The van der Waals surface area contributed by atoms with E-state index in [-0.39, 0.29) is 11.7 Å². The summed E-state index contributed by atoms with van der Waals surface area (Å²) in [5, 5.41) is 18.0. The number of aromatic nitrogens is 2. The Labute approximate surface area is 119 Å². The fourth-order valence-electron chi connectivity index (χ4n) is 1.74. The molecule has 0 saturated heterocycles. The lowest BCUT2D eigenvalue weighted by atomic mass is 10.2. The highest BCUT2D eigenvalue weighted by molar-refractivity contribution is 5.45. The summed E-state index contributed by atoms with van der Waals surface area (Å²) in [5.41, 5.74) is -0.308. The molecule has 0 fully saturated rings. The smallest absolute Gasteiger partial charge is 0.307 e. The lowest BCUT2D eigenvalue weighted by molar-refractivity contribution is -0.387. The number of rotatable bonds is 5. The van der Waals surface area contributed by atoms with E-state index in [9.17, 15) is 18.9 Å². The van der Waals surface area contributed by atoms with Crippen LogP contribution in [0.5, 0.6) is 0 Å². The Morgan fingerprint density at radius 3 is 2.71 bits per heavy atom. The van der Waals surface area contributed by atoms with Crippen molar-refractivity contribution < 1.29 is 13.7 Å². The molecule has 0 atom stereocenters. The summed E-state index contributed by atoms with van der Waals surface area (Å²) >= 11 is 0. The van der Waals surface area contributed by atoms with Crippen molar-refractivity contribution in [3.05, 3.63) is 51.8 Å². The van der Waals surface area contributed by atoms with Crippen molar-refractivity contribution >= 4 is 5.69 Å². The summed E-state index contributed by atoms with van der Waals surface area (Å²) in [5.74, 6) is -2.13. The maximum Gasteiger partial charge on any atom is 0.307 e. The van der Waals surface area contributed by atoms with Gasteiger partial charge < -0.3 is 5.32 Å². The molecule has 6 nitrogen and oxygen atoms in total. The zero-order valence-corrected chi connectivity index (χ0v) is 11.5. The van der Waals surface area contributed by atoms with Crippen molar-refractivity contribution in [1.29, 1.82) is 0 Å². The highest BCUT2D eigenvalue weighted by Gasteiger charge is 2.20. The number of benzene rings is 1. The van der Waals surface area contributed by atoms with E-state index in [1.807, 2.05) is 13.8 Å². The molecule has 112 valence electrons. The third-order valence-corrected chi connectivity index (χ3v) is 2.80. The highest BCUT2D eigenvalue weighted by Crippen LogP contribution is 2.23. The first-order valence-corrected chi connectivity index (χ1v) is 6.30. The first-order chi connectivity index (χ1) is 9.88. The third-order valence-electron chi connectivity index (χ3n) is 2.80. The minimum absolute atomic E-state index is 0.168. The van der Waals surface area contributed by atoms with Crippen molar-refractivity contribution in [3.63, 3.8) is 0 Å². The Morgan fingerprint density at radius 1 is 1.38 bits per heavy atom. The van der Waals surface area contributed by atoms with Crippen LogP contribution in [-0.4, -0.2) is 20.7 Å². The molecule has 1 aromatic carbocycles. The summed E-state index contributed by atoms with van der Waals surface area (Å²) in [6.07, 6.45) is 1.47. The van der Waals surface area contributed by atoms with Crippen LogP contribution in [0.15, 0.2) is 24.4 Å². The second-order valence-corrected chi connectivity index (χ2v) is 4.80. The van der Waals surface area contributed by atoms with Crippen LogP contribution < -0.4 is 5.32 Å². The zero-order chi connectivity index (χ0) is 15.6. The standard InChI is InChI=1S/C13H14F2N4O2/c1-8(2)16-7-9-3-4-18(17-9)12-6-13(19(20)21)11(15)5-10(12)14/h3-6,8,16H,7H2,1-2H3. The average Bonchev–Trinajstić information content (AvgIpc) is 2.84. The van der Waals surface area contributed by atoms with Gasteiger partial charge in [0.05, 0.1) is 10.6 Å². The summed E-state index contributed by atoms with van der Waals surface area (Å²) < 4.78 is 28.2. The predicted molar refractivity (Wildman–Crippen MR) is 72.1 cm³/mol. The van der Waals surface area contributed by atoms with Crippen molar-refractivity contribution in [2.45, 2.75) is 26.4 Å². The number of nitrogens with one attached hydrogen (secondary N) is 1. The molecule has 1 heterocycles. The molecule has 0 spiro atoms. The topological polar surface area (TPSA) is 73.0 Å². The molecule has 0 unspecified atom stereocenters. The molecule has 0 aliphatic carbocycles. The molecule has 21 heavy (non-hydrogen) atoms. The van der Waals surface area contributed by atoms with E-state index in [4.69, 9.17) is 0 Å². The fourth-order valence-corrected chi connectivity index (χ4v) is 1.74. The van der Waals surface area contributed by atoms with E-state index in [0.717, 1.165) is 10.7 Å². The number of nitro benzene ring substituents is 1. The van der Waals surface area contributed by atoms with Crippen LogP contribution in [0.2, 0.25) is 0 Å². The fraction of sp³-hybridized carbons (Fsp3) is 0.308. The van der Waals surface area contributed by atoms with Gasteiger partial charge in [0.2, 0.25) is 5.82 Å². The van der Waals surface area contributed by atoms with Crippen LogP contribution in [0.1, 0.15) is 19.5 Å². The molecule has 8 heteroatoms. The van der Waals surface area contributed by atoms with Crippen molar-refractivity contribution in [1.82, 2.24) is 15.1 Å². The predicted octanol–water partition coefficient (Wildman–Crippen LogP) is 2.56. The van der Waals surface area contributed by atoms with Crippen LogP contribution in [0.3, 0.4) is 0 Å². The van der Waals surface area contributed by atoms with Crippen LogP contribution >= 0.6 is 0 Å². The summed E-state index contributed by atoms with van der Waals surface area (Å²) in [4.78, 5) is 9.80. The molecule has 0 bridgehead atoms. The van der Waals surface area contributed by atoms with E-state index in [0.29, 0.717) is 18.3 Å². The minimum atomic E-state index is -1.21. The monoisotopic (exact) mass is 296 g/mol. The van der Waals surface area contributed by atoms with Gasteiger partial charge in [0.15, 0.2) is 5.82 Å². The number of hydrogen-bond donors (Lipinski definition) is 1. The van der Waals surface area contributed by atoms with Gasteiger partial charge in [0.25, 0.3) is 0 Å². The maximum absolute atomic E-state index is 13.8. The van der Waals surface area contributed by atoms with Gasteiger partial charge in [-0.05, 0) is 6.07 Å². The summed E-state index contributed by atoms with van der Waals surface area (Å²) in [6.45, 7) is 4.43. The van der Waals surface area contributed by atoms with Crippen molar-refractivity contribution in [3.8, 4) is 5.69 Å². The van der Waals surface area contributed by atoms with E-state index >= 15 is 0 Å². The van der Waals surface area contributed by atoms with Crippen LogP contribution in [-0.2, 0) is 6.54 Å². The van der Waals surface area contributed by atoms with Gasteiger partial charge in [-0.2, -0.15) is 9.49 Å². The van der Waals surface area contributed by atoms with E-state index in [1.54, 1.807) is 6.07 Å². The Morgan fingerprint density at radius 2 is 2.10 bits per heavy atom. The SMILES string of the molecule is CC(C)NCc1ccn(-c2cc([N+](=O)[O-])c(F)cc2F)n1. The van der Waals surface area contributed by atoms with Gasteiger partial charge in [0.1, 0.15) is 5.69 Å². The van der Waals surface area contributed by atoms with E-state index in [2.05, 4.69) is 10.4 Å². The van der Waals surface area contributed by atoms with Gasteiger partial charge >= 0.3 is 5.69 Å².